The van der Waals surface area contributed by atoms with E-state index in [1.54, 1.807) is 0 Å². The zero-order valence-corrected chi connectivity index (χ0v) is 11.1. The van der Waals surface area contributed by atoms with E-state index in [0.29, 0.717) is 0 Å². The highest BCUT2D eigenvalue weighted by Gasteiger charge is 2.12. The van der Waals surface area contributed by atoms with E-state index in [1.165, 1.54) is 19.3 Å². The van der Waals surface area contributed by atoms with Crippen LogP contribution in [0.25, 0.3) is 0 Å². The molecule has 0 saturated carbocycles. The zero-order valence-electron chi connectivity index (χ0n) is 11.1. The SMILES string of the molecule is CCCCCCC(C)OC(=O)OC(C)CC. The van der Waals surface area contributed by atoms with Gasteiger partial charge in [-0.05, 0) is 33.1 Å². The third-order valence-corrected chi connectivity index (χ3v) is 2.63. The Bertz CT molecular complexity index is 180. The lowest BCUT2D eigenvalue weighted by Crippen LogP contribution is -2.20. The van der Waals surface area contributed by atoms with Crippen molar-refractivity contribution in [1.82, 2.24) is 0 Å². The van der Waals surface area contributed by atoms with Crippen LogP contribution in [0.4, 0.5) is 4.79 Å². The molecule has 0 saturated heterocycles. The number of hydrogen-bond donors (Lipinski definition) is 0. The normalized spacial score (nSPS) is 14.2. The van der Waals surface area contributed by atoms with Crippen LogP contribution in [0.2, 0.25) is 0 Å². The zero-order chi connectivity index (χ0) is 12.4. The van der Waals surface area contributed by atoms with Crippen molar-refractivity contribution in [3.05, 3.63) is 0 Å². The maximum atomic E-state index is 11.3. The standard InChI is InChI=1S/C13H26O3/c1-5-7-8-9-10-12(4)16-13(14)15-11(3)6-2/h11-12H,5-10H2,1-4H3. The van der Waals surface area contributed by atoms with Crippen LogP contribution in [-0.4, -0.2) is 18.4 Å². The Morgan fingerprint density at radius 1 is 1.00 bits per heavy atom. The van der Waals surface area contributed by atoms with Gasteiger partial charge in [0.25, 0.3) is 0 Å². The topological polar surface area (TPSA) is 35.5 Å². The van der Waals surface area contributed by atoms with Gasteiger partial charge in [-0.25, -0.2) is 4.79 Å². The monoisotopic (exact) mass is 230 g/mol. The molecule has 0 amide bonds. The van der Waals surface area contributed by atoms with E-state index in [0.717, 1.165) is 19.3 Å². The first-order valence-electron chi connectivity index (χ1n) is 6.47. The molecule has 0 bridgehead atoms. The molecule has 0 aliphatic heterocycles. The van der Waals surface area contributed by atoms with Crippen molar-refractivity contribution in [3.8, 4) is 0 Å². The minimum atomic E-state index is -0.530. The molecule has 0 fully saturated rings. The van der Waals surface area contributed by atoms with Crippen molar-refractivity contribution >= 4 is 6.16 Å². The second-order valence-corrected chi connectivity index (χ2v) is 4.36. The van der Waals surface area contributed by atoms with Crippen LogP contribution in [0.15, 0.2) is 0 Å². The Hall–Kier alpha value is -0.730. The van der Waals surface area contributed by atoms with Crippen molar-refractivity contribution in [2.45, 2.75) is 78.4 Å². The van der Waals surface area contributed by atoms with Crippen molar-refractivity contribution < 1.29 is 14.3 Å². The Kier molecular flexibility index (Phi) is 9.06. The Balaban J connectivity index is 3.54. The van der Waals surface area contributed by atoms with E-state index in [-0.39, 0.29) is 12.2 Å². The molecular formula is C13H26O3. The molecule has 16 heavy (non-hydrogen) atoms. The van der Waals surface area contributed by atoms with Gasteiger partial charge in [-0.15, -0.1) is 0 Å². The second kappa shape index (κ2) is 9.49. The number of hydrogen-bond acceptors (Lipinski definition) is 3. The summed E-state index contributed by atoms with van der Waals surface area (Å²) in [5, 5.41) is 0. The Labute approximate surface area is 99.5 Å². The summed E-state index contributed by atoms with van der Waals surface area (Å²) in [5.41, 5.74) is 0. The average molecular weight is 230 g/mol. The molecule has 0 N–H and O–H groups in total. The second-order valence-electron chi connectivity index (χ2n) is 4.36. The minimum absolute atomic E-state index is 0.0339. The number of carbonyl (C=O) groups is 1. The third-order valence-electron chi connectivity index (χ3n) is 2.63. The van der Waals surface area contributed by atoms with E-state index in [4.69, 9.17) is 9.47 Å². The third kappa shape index (κ3) is 8.57. The van der Waals surface area contributed by atoms with Crippen molar-refractivity contribution in [2.24, 2.45) is 0 Å². The molecule has 0 spiro atoms. The average Bonchev–Trinajstić information content (AvgIpc) is 2.24. The minimum Gasteiger partial charge on any atom is -0.431 e. The van der Waals surface area contributed by atoms with Crippen LogP contribution >= 0.6 is 0 Å². The summed E-state index contributed by atoms with van der Waals surface area (Å²) in [7, 11) is 0. The van der Waals surface area contributed by atoms with Gasteiger partial charge in [0.15, 0.2) is 0 Å². The summed E-state index contributed by atoms with van der Waals surface area (Å²) >= 11 is 0. The number of unbranched alkanes of at least 4 members (excludes halogenated alkanes) is 3. The lowest BCUT2D eigenvalue weighted by molar-refractivity contribution is 0.00430. The van der Waals surface area contributed by atoms with Gasteiger partial charge in [0, 0.05) is 0 Å². The molecular weight excluding hydrogens is 204 g/mol. The van der Waals surface area contributed by atoms with Crippen molar-refractivity contribution in [2.75, 3.05) is 0 Å². The number of ether oxygens (including phenoxy) is 2. The lowest BCUT2D eigenvalue weighted by Gasteiger charge is -2.15. The molecule has 0 aromatic carbocycles. The molecule has 2 unspecified atom stereocenters. The molecule has 0 aromatic heterocycles. The summed E-state index contributed by atoms with van der Waals surface area (Å²) in [5.74, 6) is 0. The molecule has 3 nitrogen and oxygen atoms in total. The quantitative estimate of drug-likeness (QED) is 0.460. The van der Waals surface area contributed by atoms with Gasteiger partial charge in [-0.1, -0.05) is 33.1 Å². The largest absolute Gasteiger partial charge is 0.508 e. The van der Waals surface area contributed by atoms with Gasteiger partial charge in [0.1, 0.15) is 12.2 Å². The molecule has 96 valence electrons. The molecule has 0 aliphatic carbocycles. The number of rotatable bonds is 8. The summed E-state index contributed by atoms with van der Waals surface area (Å²) < 4.78 is 10.2. The summed E-state index contributed by atoms with van der Waals surface area (Å²) in [6.07, 6.45) is 5.94. The predicted octanol–water partition coefficient (Wildman–Crippen LogP) is 4.30. The highest BCUT2D eigenvalue weighted by molar-refractivity contribution is 5.60. The fraction of sp³-hybridized carbons (Fsp3) is 0.923. The molecule has 0 heterocycles. The van der Waals surface area contributed by atoms with E-state index < -0.39 is 6.16 Å². The van der Waals surface area contributed by atoms with Crippen LogP contribution in [0.3, 0.4) is 0 Å². The van der Waals surface area contributed by atoms with Gasteiger partial charge in [0.05, 0.1) is 0 Å². The molecule has 0 radical (unpaired) electrons. The highest BCUT2D eigenvalue weighted by atomic mass is 16.7. The molecule has 0 aromatic rings. The lowest BCUT2D eigenvalue weighted by atomic mass is 10.1. The van der Waals surface area contributed by atoms with Crippen molar-refractivity contribution in [1.29, 1.82) is 0 Å². The Morgan fingerprint density at radius 3 is 2.19 bits per heavy atom. The van der Waals surface area contributed by atoms with E-state index in [9.17, 15) is 4.79 Å². The molecule has 2 atom stereocenters. The van der Waals surface area contributed by atoms with Crippen LogP contribution in [-0.2, 0) is 9.47 Å². The van der Waals surface area contributed by atoms with Crippen LogP contribution in [0, 0.1) is 0 Å². The van der Waals surface area contributed by atoms with E-state index in [1.807, 2.05) is 20.8 Å². The first-order chi connectivity index (χ1) is 7.60. The van der Waals surface area contributed by atoms with Crippen LogP contribution in [0.5, 0.6) is 0 Å². The fourth-order valence-electron chi connectivity index (χ4n) is 1.36. The fourth-order valence-corrected chi connectivity index (χ4v) is 1.36. The molecule has 0 rings (SSSR count). The smallest absolute Gasteiger partial charge is 0.431 e. The summed E-state index contributed by atoms with van der Waals surface area (Å²) in [6, 6.07) is 0. The van der Waals surface area contributed by atoms with Crippen LogP contribution in [0.1, 0.15) is 66.2 Å². The maximum absolute atomic E-state index is 11.3. The van der Waals surface area contributed by atoms with Gasteiger partial charge < -0.3 is 9.47 Å². The van der Waals surface area contributed by atoms with Gasteiger partial charge in [-0.3, -0.25) is 0 Å². The van der Waals surface area contributed by atoms with Gasteiger partial charge >= 0.3 is 6.16 Å². The molecule has 3 heteroatoms. The first-order valence-corrected chi connectivity index (χ1v) is 6.47. The van der Waals surface area contributed by atoms with Crippen molar-refractivity contribution in [3.63, 3.8) is 0 Å². The van der Waals surface area contributed by atoms with Gasteiger partial charge in [-0.2, -0.15) is 0 Å². The van der Waals surface area contributed by atoms with E-state index in [2.05, 4.69) is 6.92 Å². The van der Waals surface area contributed by atoms with Gasteiger partial charge in [0.2, 0.25) is 0 Å². The predicted molar refractivity (Wildman–Crippen MR) is 65.5 cm³/mol. The maximum Gasteiger partial charge on any atom is 0.508 e. The summed E-state index contributed by atoms with van der Waals surface area (Å²) in [6.45, 7) is 7.95. The first kappa shape index (κ1) is 15.3. The number of carbonyl (C=O) groups excluding carboxylic acids is 1. The Morgan fingerprint density at radius 2 is 1.62 bits per heavy atom. The van der Waals surface area contributed by atoms with Crippen LogP contribution < -0.4 is 0 Å². The van der Waals surface area contributed by atoms with E-state index >= 15 is 0 Å². The highest BCUT2D eigenvalue weighted by Crippen LogP contribution is 2.09. The molecule has 0 aliphatic rings. The summed E-state index contributed by atoms with van der Waals surface area (Å²) in [4.78, 5) is 11.3.